The predicted octanol–water partition coefficient (Wildman–Crippen LogP) is 4.88. The van der Waals surface area contributed by atoms with Gasteiger partial charge in [-0.25, -0.2) is 14.5 Å². The summed E-state index contributed by atoms with van der Waals surface area (Å²) >= 11 is 1.39. The van der Waals surface area contributed by atoms with E-state index in [9.17, 15) is 9.90 Å². The van der Waals surface area contributed by atoms with Crippen LogP contribution in [-0.2, 0) is 0 Å². The molecule has 0 bridgehead atoms. The van der Waals surface area contributed by atoms with Crippen molar-refractivity contribution in [1.82, 2.24) is 14.5 Å². The molecule has 0 unspecified atom stereocenters. The zero-order valence-electron chi connectivity index (χ0n) is 16.5. The van der Waals surface area contributed by atoms with Crippen molar-refractivity contribution < 1.29 is 9.84 Å². The quantitative estimate of drug-likeness (QED) is 0.442. The predicted molar refractivity (Wildman–Crippen MR) is 124 cm³/mol. The Balaban J connectivity index is 1.74. The zero-order chi connectivity index (χ0) is 21.4. The number of nitrogens with zero attached hydrogens (tertiary/aromatic N) is 3. The normalized spacial score (nSPS) is 11.5. The molecule has 3 aromatic carbocycles. The van der Waals surface area contributed by atoms with Crippen molar-refractivity contribution in [2.75, 3.05) is 7.11 Å². The minimum atomic E-state index is -0.200. The van der Waals surface area contributed by atoms with Crippen molar-refractivity contribution in [3.63, 3.8) is 0 Å². The van der Waals surface area contributed by atoms with Gasteiger partial charge in [-0.15, -0.1) is 0 Å². The summed E-state index contributed by atoms with van der Waals surface area (Å²) in [5.41, 5.74) is 1.80. The fraction of sp³-hybridized carbons (Fsp3) is 0.0417. The van der Waals surface area contributed by atoms with Gasteiger partial charge in [0.05, 0.1) is 28.2 Å². The summed E-state index contributed by atoms with van der Waals surface area (Å²) in [7, 11) is 1.61. The molecule has 0 atom stereocenters. The molecule has 31 heavy (non-hydrogen) atoms. The smallest absolute Gasteiger partial charge is 0.268 e. The molecule has 7 heteroatoms. The van der Waals surface area contributed by atoms with Crippen LogP contribution >= 0.6 is 11.3 Å². The highest BCUT2D eigenvalue weighted by Crippen LogP contribution is 2.29. The lowest BCUT2D eigenvalue weighted by Crippen LogP contribution is -2.22. The van der Waals surface area contributed by atoms with Gasteiger partial charge in [0.1, 0.15) is 17.3 Å². The maximum Gasteiger partial charge on any atom is 0.268 e. The molecule has 0 amide bonds. The first kappa shape index (κ1) is 19.0. The molecular weight excluding hydrogens is 410 g/mol. The third-order valence-electron chi connectivity index (χ3n) is 4.93. The van der Waals surface area contributed by atoms with E-state index in [0.717, 1.165) is 16.0 Å². The number of rotatable bonds is 4. The van der Waals surface area contributed by atoms with Crippen molar-refractivity contribution in [3.8, 4) is 16.6 Å². The van der Waals surface area contributed by atoms with Gasteiger partial charge in [-0.05, 0) is 48.6 Å². The lowest BCUT2D eigenvalue weighted by atomic mass is 10.2. The van der Waals surface area contributed by atoms with Crippen LogP contribution in [-0.4, -0.2) is 26.8 Å². The molecule has 0 aliphatic rings. The Labute approximate surface area is 181 Å². The number of aromatic hydroxyl groups is 1. The number of fused-ring (bicyclic) bond motifs is 2. The second-order valence-corrected chi connectivity index (χ2v) is 7.86. The summed E-state index contributed by atoms with van der Waals surface area (Å²) in [5, 5.41) is 11.1. The van der Waals surface area contributed by atoms with Gasteiger partial charge < -0.3 is 9.84 Å². The second-order valence-electron chi connectivity index (χ2n) is 6.85. The van der Waals surface area contributed by atoms with E-state index in [2.05, 4.69) is 4.98 Å². The highest BCUT2D eigenvalue weighted by Gasteiger charge is 2.15. The van der Waals surface area contributed by atoms with Gasteiger partial charge in [-0.2, -0.15) is 0 Å². The van der Waals surface area contributed by atoms with Crippen LogP contribution in [0.1, 0.15) is 11.4 Å². The van der Waals surface area contributed by atoms with Crippen LogP contribution in [0.25, 0.3) is 38.4 Å². The minimum Gasteiger partial charge on any atom is -0.507 e. The number of phenolic OH excluding ortho intramolecular Hbond substituents is 1. The minimum absolute atomic E-state index is 0.153. The molecule has 5 rings (SSSR count). The van der Waals surface area contributed by atoms with E-state index in [1.165, 1.54) is 15.9 Å². The Morgan fingerprint density at radius 1 is 0.968 bits per heavy atom. The number of para-hydroxylation sites is 2. The lowest BCUT2D eigenvalue weighted by molar-refractivity contribution is 0.415. The van der Waals surface area contributed by atoms with Gasteiger partial charge >= 0.3 is 0 Å². The SMILES string of the molecule is COc1ccc2nc(-n3c(/C=C/c4ccccc4O)nc4ccccc4c3=O)sc2c1. The average Bonchev–Trinajstić information content (AvgIpc) is 3.21. The Hall–Kier alpha value is -3.97. The monoisotopic (exact) mass is 427 g/mol. The van der Waals surface area contributed by atoms with Gasteiger partial charge in [-0.1, -0.05) is 41.7 Å². The maximum absolute atomic E-state index is 13.4. The van der Waals surface area contributed by atoms with Crippen molar-refractivity contribution in [1.29, 1.82) is 0 Å². The molecular formula is C24H17N3O3S. The Bertz CT molecular complexity index is 1520. The molecule has 0 saturated carbocycles. The standard InChI is InChI=1S/C24H17N3O3S/c1-30-16-11-12-19-21(14-16)31-24(26-19)27-22(13-10-15-6-2-5-9-20(15)28)25-18-8-4-3-7-17(18)23(27)29/h2-14,28H,1H3/b13-10+. The van der Waals surface area contributed by atoms with Gasteiger partial charge in [0.25, 0.3) is 5.56 Å². The molecule has 0 aliphatic carbocycles. The molecule has 152 valence electrons. The number of hydrogen-bond acceptors (Lipinski definition) is 6. The summed E-state index contributed by atoms with van der Waals surface area (Å²) in [6, 6.07) is 19.8. The molecule has 0 fully saturated rings. The number of ether oxygens (including phenoxy) is 1. The first-order chi connectivity index (χ1) is 15.1. The van der Waals surface area contributed by atoms with Gasteiger partial charge in [0.15, 0.2) is 5.13 Å². The number of benzene rings is 3. The first-order valence-electron chi connectivity index (χ1n) is 9.57. The van der Waals surface area contributed by atoms with Crippen LogP contribution in [0.4, 0.5) is 0 Å². The Morgan fingerprint density at radius 3 is 2.61 bits per heavy atom. The molecule has 6 nitrogen and oxygen atoms in total. The molecule has 2 heterocycles. The summed E-state index contributed by atoms with van der Waals surface area (Å²) in [5.74, 6) is 1.31. The summed E-state index contributed by atoms with van der Waals surface area (Å²) in [6.07, 6.45) is 3.45. The number of hydrogen-bond donors (Lipinski definition) is 1. The van der Waals surface area contributed by atoms with E-state index in [-0.39, 0.29) is 11.3 Å². The molecule has 0 radical (unpaired) electrons. The molecule has 2 aromatic heterocycles. The van der Waals surface area contributed by atoms with E-state index >= 15 is 0 Å². The maximum atomic E-state index is 13.4. The third-order valence-corrected chi connectivity index (χ3v) is 5.93. The molecule has 0 aliphatic heterocycles. The van der Waals surface area contributed by atoms with Crippen LogP contribution in [0.5, 0.6) is 11.5 Å². The topological polar surface area (TPSA) is 77.2 Å². The fourth-order valence-electron chi connectivity index (χ4n) is 3.35. The fourth-order valence-corrected chi connectivity index (χ4v) is 4.36. The van der Waals surface area contributed by atoms with Crippen molar-refractivity contribution >= 4 is 44.6 Å². The number of phenols is 1. The zero-order valence-corrected chi connectivity index (χ0v) is 17.3. The van der Waals surface area contributed by atoms with Crippen LogP contribution < -0.4 is 10.3 Å². The largest absolute Gasteiger partial charge is 0.507 e. The van der Waals surface area contributed by atoms with Crippen LogP contribution in [0.15, 0.2) is 71.5 Å². The van der Waals surface area contributed by atoms with Crippen molar-refractivity contribution in [2.45, 2.75) is 0 Å². The highest BCUT2D eigenvalue weighted by atomic mass is 32.1. The Morgan fingerprint density at radius 2 is 1.77 bits per heavy atom. The first-order valence-corrected chi connectivity index (χ1v) is 10.4. The van der Waals surface area contributed by atoms with Crippen molar-refractivity contribution in [2.24, 2.45) is 0 Å². The highest BCUT2D eigenvalue weighted by molar-refractivity contribution is 7.20. The lowest BCUT2D eigenvalue weighted by Gasteiger charge is -2.08. The third kappa shape index (κ3) is 3.45. The van der Waals surface area contributed by atoms with E-state index in [1.54, 1.807) is 43.5 Å². The molecule has 5 aromatic rings. The van der Waals surface area contributed by atoms with Crippen LogP contribution in [0.3, 0.4) is 0 Å². The van der Waals surface area contributed by atoms with E-state index in [0.29, 0.717) is 27.4 Å². The van der Waals surface area contributed by atoms with Crippen molar-refractivity contribution in [3.05, 3.63) is 88.5 Å². The number of thiazole rings is 1. The van der Waals surface area contributed by atoms with Gasteiger partial charge in [0.2, 0.25) is 0 Å². The Kier molecular flexibility index (Phi) is 4.72. The van der Waals surface area contributed by atoms with Gasteiger partial charge in [0, 0.05) is 5.56 Å². The number of methoxy groups -OCH3 is 1. The van der Waals surface area contributed by atoms with Crippen LogP contribution in [0, 0.1) is 0 Å². The van der Waals surface area contributed by atoms with E-state index < -0.39 is 0 Å². The van der Waals surface area contributed by atoms with E-state index in [1.807, 2.05) is 42.5 Å². The number of aromatic nitrogens is 3. The second kappa shape index (κ2) is 7.70. The molecule has 0 saturated heterocycles. The van der Waals surface area contributed by atoms with E-state index in [4.69, 9.17) is 9.72 Å². The summed E-state index contributed by atoms with van der Waals surface area (Å²) < 4.78 is 7.72. The van der Waals surface area contributed by atoms with Gasteiger partial charge in [-0.3, -0.25) is 4.79 Å². The summed E-state index contributed by atoms with van der Waals surface area (Å²) in [4.78, 5) is 22.8. The van der Waals surface area contributed by atoms with Crippen LogP contribution in [0.2, 0.25) is 0 Å². The summed E-state index contributed by atoms with van der Waals surface area (Å²) in [6.45, 7) is 0. The average molecular weight is 427 g/mol. The molecule has 1 N–H and O–H groups in total. The molecule has 0 spiro atoms.